The van der Waals surface area contributed by atoms with E-state index in [0.29, 0.717) is 41.5 Å². The number of nitriles is 1. The van der Waals surface area contributed by atoms with Gasteiger partial charge >= 0.3 is 6.01 Å². The number of nitrogens with zero attached hydrogens (tertiary/aromatic N) is 5. The number of anilines is 1. The second-order valence-electron chi connectivity index (χ2n) is 7.36. The molecule has 1 fully saturated rings. The normalized spacial score (nSPS) is 17.4. The van der Waals surface area contributed by atoms with Crippen LogP contribution in [0.3, 0.4) is 0 Å². The highest BCUT2D eigenvalue weighted by atomic mass is 35.5. The zero-order valence-electron chi connectivity index (χ0n) is 16.9. The number of halogens is 1. The zero-order chi connectivity index (χ0) is 21.3. The van der Waals surface area contributed by atoms with Gasteiger partial charge in [-0.15, -0.1) is 11.3 Å². The average Bonchev–Trinajstić information content (AvgIpc) is 3.44. The fraction of sp³-hybridized carbons (Fsp3) is 0.381. The molecular weight excluding hydrogens is 420 g/mol. The van der Waals surface area contributed by atoms with E-state index in [1.54, 1.807) is 23.6 Å². The van der Waals surface area contributed by atoms with Crippen LogP contribution in [-0.2, 0) is 6.54 Å². The molecule has 0 spiro atoms. The molecule has 3 heterocycles. The van der Waals surface area contributed by atoms with Gasteiger partial charge in [0, 0.05) is 34.2 Å². The lowest BCUT2D eigenvalue weighted by molar-refractivity contribution is 0.274. The number of thiazole rings is 1. The molecule has 1 aliphatic carbocycles. The van der Waals surface area contributed by atoms with Gasteiger partial charge in [0.25, 0.3) is 0 Å². The number of hydrogen-bond acceptors (Lipinski definition) is 8. The Kier molecular flexibility index (Phi) is 5.84. The first kappa shape index (κ1) is 20.5. The monoisotopic (exact) mass is 440 g/mol. The lowest BCUT2D eigenvalue weighted by Crippen LogP contribution is -2.09. The third-order valence-corrected chi connectivity index (χ3v) is 6.57. The van der Waals surface area contributed by atoms with Crippen molar-refractivity contribution >= 4 is 28.8 Å². The Morgan fingerprint density at radius 2 is 2.10 bits per heavy atom. The summed E-state index contributed by atoms with van der Waals surface area (Å²) in [5.41, 5.74) is 3.37. The molecule has 1 saturated carbocycles. The van der Waals surface area contributed by atoms with Crippen molar-refractivity contribution in [2.75, 3.05) is 11.9 Å². The summed E-state index contributed by atoms with van der Waals surface area (Å²) in [5, 5.41) is 13.6. The van der Waals surface area contributed by atoms with Crippen molar-refractivity contribution < 1.29 is 4.74 Å². The maximum absolute atomic E-state index is 8.88. The van der Waals surface area contributed by atoms with Crippen LogP contribution in [0, 0.1) is 38.0 Å². The zero-order valence-corrected chi connectivity index (χ0v) is 18.5. The van der Waals surface area contributed by atoms with Crippen LogP contribution in [0.25, 0.3) is 0 Å². The summed E-state index contributed by atoms with van der Waals surface area (Å²) < 4.78 is 5.85. The van der Waals surface area contributed by atoms with Gasteiger partial charge in [0.15, 0.2) is 0 Å². The number of ether oxygens (including phenoxy) is 1. The maximum Gasteiger partial charge on any atom is 0.319 e. The molecule has 0 saturated heterocycles. The Hall–Kier alpha value is -2.76. The molecule has 0 amide bonds. The summed E-state index contributed by atoms with van der Waals surface area (Å²) in [6, 6.07) is 6.06. The van der Waals surface area contributed by atoms with Gasteiger partial charge < -0.3 is 10.1 Å². The third-order valence-electron chi connectivity index (χ3n) is 5.13. The van der Waals surface area contributed by atoms with E-state index < -0.39 is 0 Å². The van der Waals surface area contributed by atoms with Gasteiger partial charge in [-0.25, -0.2) is 4.98 Å². The second kappa shape index (κ2) is 8.54. The summed E-state index contributed by atoms with van der Waals surface area (Å²) in [4.78, 5) is 18.8. The van der Waals surface area contributed by atoms with Crippen molar-refractivity contribution in [1.82, 2.24) is 19.9 Å². The average molecular weight is 441 g/mol. The molecule has 3 aromatic rings. The predicted octanol–water partition coefficient (Wildman–Crippen LogP) is 4.57. The molecule has 1 aliphatic rings. The van der Waals surface area contributed by atoms with Crippen molar-refractivity contribution in [2.24, 2.45) is 5.92 Å². The lowest BCUT2D eigenvalue weighted by Gasteiger charge is -2.11. The van der Waals surface area contributed by atoms with Crippen LogP contribution in [0.4, 0.5) is 5.82 Å². The molecule has 9 heteroatoms. The smallest absolute Gasteiger partial charge is 0.319 e. The van der Waals surface area contributed by atoms with E-state index in [4.69, 9.17) is 21.6 Å². The Morgan fingerprint density at radius 3 is 2.77 bits per heavy atom. The van der Waals surface area contributed by atoms with E-state index >= 15 is 0 Å². The molecule has 30 heavy (non-hydrogen) atoms. The molecule has 154 valence electrons. The molecule has 3 aromatic heterocycles. The minimum atomic E-state index is 0.267. The molecule has 0 aliphatic heterocycles. The minimum Gasteiger partial charge on any atom is -0.463 e. The molecule has 0 bridgehead atoms. The number of aryl methyl sites for hydroxylation is 2. The van der Waals surface area contributed by atoms with Gasteiger partial charge in [0.2, 0.25) is 0 Å². The number of aromatic nitrogens is 4. The van der Waals surface area contributed by atoms with Gasteiger partial charge in [-0.2, -0.15) is 15.2 Å². The summed E-state index contributed by atoms with van der Waals surface area (Å²) in [5.74, 6) is 1.36. The number of hydrogen-bond donors (Lipinski definition) is 1. The fourth-order valence-electron chi connectivity index (χ4n) is 3.27. The predicted molar refractivity (Wildman–Crippen MR) is 116 cm³/mol. The first-order chi connectivity index (χ1) is 14.4. The third kappa shape index (κ3) is 4.53. The summed E-state index contributed by atoms with van der Waals surface area (Å²) in [6.45, 7) is 7.01. The Labute approximate surface area is 184 Å². The van der Waals surface area contributed by atoms with E-state index in [0.717, 1.165) is 28.4 Å². The van der Waals surface area contributed by atoms with Gasteiger partial charge in [-0.05, 0) is 39.3 Å². The molecule has 1 N–H and O–H groups in total. The van der Waals surface area contributed by atoms with Gasteiger partial charge in [0.1, 0.15) is 17.0 Å². The maximum atomic E-state index is 8.88. The summed E-state index contributed by atoms with van der Waals surface area (Å²) in [7, 11) is 0. The molecule has 2 unspecified atom stereocenters. The second-order valence-corrected chi connectivity index (χ2v) is 9.01. The van der Waals surface area contributed by atoms with Crippen molar-refractivity contribution in [1.29, 1.82) is 5.26 Å². The van der Waals surface area contributed by atoms with E-state index in [9.17, 15) is 0 Å². The summed E-state index contributed by atoms with van der Waals surface area (Å²) in [6.07, 6.45) is 2.60. The van der Waals surface area contributed by atoms with Crippen molar-refractivity contribution in [2.45, 2.75) is 39.7 Å². The Bertz CT molecular complexity index is 1110. The number of nitrogens with one attached hydrogen (secondary N) is 1. The van der Waals surface area contributed by atoms with Gasteiger partial charge in [-0.3, -0.25) is 4.98 Å². The Balaban J connectivity index is 1.37. The fourth-order valence-corrected chi connectivity index (χ4v) is 4.31. The highest BCUT2D eigenvalue weighted by Gasteiger charge is 2.40. The number of rotatable bonds is 7. The number of pyridine rings is 1. The van der Waals surface area contributed by atoms with Crippen LogP contribution in [0.5, 0.6) is 6.01 Å². The van der Waals surface area contributed by atoms with Crippen LogP contribution in [0.1, 0.15) is 44.7 Å². The van der Waals surface area contributed by atoms with Crippen LogP contribution < -0.4 is 10.1 Å². The SMILES string of the molecule is Cc1nc(C)c(CNc2nc(OCC3CC3c3ccc(C#N)cn3)nc(Cl)c2C)s1. The topological polar surface area (TPSA) is 96.6 Å². The van der Waals surface area contributed by atoms with Gasteiger partial charge in [-0.1, -0.05) is 11.6 Å². The molecule has 7 nitrogen and oxygen atoms in total. The van der Waals surface area contributed by atoms with Crippen molar-refractivity contribution in [3.63, 3.8) is 0 Å². The summed E-state index contributed by atoms with van der Waals surface area (Å²) >= 11 is 7.97. The molecule has 4 rings (SSSR count). The highest BCUT2D eigenvalue weighted by Crippen LogP contribution is 2.46. The highest BCUT2D eigenvalue weighted by molar-refractivity contribution is 7.11. The standard InChI is InChI=1S/C21H21ClN6OS/c1-11-19(22)27-21(28-20(11)25-9-18-12(2)26-13(3)30-18)29-10-15-6-16(15)17-5-4-14(7-23)8-24-17/h4-5,8,15-16H,6,9-10H2,1-3H3,(H,25,27,28). The van der Waals surface area contributed by atoms with E-state index in [-0.39, 0.29) is 6.01 Å². The van der Waals surface area contributed by atoms with Crippen LogP contribution in [0.15, 0.2) is 18.3 Å². The van der Waals surface area contributed by atoms with Crippen LogP contribution in [-0.4, -0.2) is 26.5 Å². The largest absolute Gasteiger partial charge is 0.463 e. The lowest BCUT2D eigenvalue weighted by atomic mass is 10.2. The van der Waals surface area contributed by atoms with Gasteiger partial charge in [0.05, 0.1) is 29.4 Å². The molecule has 0 radical (unpaired) electrons. The van der Waals surface area contributed by atoms with Crippen molar-refractivity contribution in [3.8, 4) is 12.1 Å². The molecular formula is C21H21ClN6OS. The first-order valence-electron chi connectivity index (χ1n) is 9.64. The van der Waals surface area contributed by atoms with E-state index in [1.807, 2.05) is 26.8 Å². The van der Waals surface area contributed by atoms with Crippen LogP contribution in [0.2, 0.25) is 5.15 Å². The first-order valence-corrected chi connectivity index (χ1v) is 10.8. The Morgan fingerprint density at radius 1 is 1.27 bits per heavy atom. The van der Waals surface area contributed by atoms with Crippen LogP contribution >= 0.6 is 22.9 Å². The van der Waals surface area contributed by atoms with E-state index in [1.165, 1.54) is 4.88 Å². The van der Waals surface area contributed by atoms with E-state index in [2.05, 4.69) is 31.3 Å². The molecule has 0 aromatic carbocycles. The van der Waals surface area contributed by atoms with Crippen molar-refractivity contribution in [3.05, 3.63) is 55.9 Å². The molecule has 2 atom stereocenters. The minimum absolute atomic E-state index is 0.267. The quantitative estimate of drug-likeness (QED) is 0.537.